The topological polar surface area (TPSA) is 20.2 Å². The molecule has 0 aliphatic heterocycles. The Morgan fingerprint density at radius 3 is 2.61 bits per heavy atom. The molecule has 3 rings (SSSR count). The number of aliphatic hydroxyl groups excluding tert-OH is 1. The van der Waals surface area contributed by atoms with Gasteiger partial charge in [-0.1, -0.05) is 45.4 Å². The lowest BCUT2D eigenvalue weighted by Crippen LogP contribution is -2.43. The van der Waals surface area contributed by atoms with Gasteiger partial charge in [0.15, 0.2) is 0 Å². The molecule has 98 valence electrons. The summed E-state index contributed by atoms with van der Waals surface area (Å²) in [6.45, 7) is 9.17. The van der Waals surface area contributed by atoms with Crippen molar-refractivity contribution in [1.29, 1.82) is 0 Å². The van der Waals surface area contributed by atoms with E-state index in [0.717, 1.165) is 0 Å². The molecule has 0 amide bonds. The SMILES string of the molecule is Cc1cccc2c1[C@H](O)[C@H]1C(C)(C)CCC[C@@]21C. The highest BCUT2D eigenvalue weighted by molar-refractivity contribution is 5.47. The fourth-order valence-corrected chi connectivity index (χ4v) is 4.90. The van der Waals surface area contributed by atoms with Crippen LogP contribution in [0.4, 0.5) is 0 Å². The van der Waals surface area contributed by atoms with Crippen LogP contribution in [0.5, 0.6) is 0 Å². The van der Waals surface area contributed by atoms with Crippen LogP contribution in [0.25, 0.3) is 0 Å². The van der Waals surface area contributed by atoms with E-state index in [1.807, 2.05) is 0 Å². The molecule has 3 atom stereocenters. The minimum absolute atomic E-state index is 0.169. The van der Waals surface area contributed by atoms with E-state index in [9.17, 15) is 5.11 Å². The first-order valence-electron chi connectivity index (χ1n) is 7.16. The number of benzene rings is 1. The van der Waals surface area contributed by atoms with Crippen LogP contribution in [0.15, 0.2) is 18.2 Å². The molecule has 1 nitrogen and oxygen atoms in total. The third-order valence-electron chi connectivity index (χ3n) is 5.60. The highest BCUT2D eigenvalue weighted by atomic mass is 16.3. The number of fused-ring (bicyclic) bond motifs is 3. The second-order valence-corrected chi connectivity index (χ2v) is 7.22. The predicted molar refractivity (Wildman–Crippen MR) is 74.6 cm³/mol. The van der Waals surface area contributed by atoms with Crippen LogP contribution in [-0.4, -0.2) is 5.11 Å². The molecule has 0 heterocycles. The Bertz CT molecular complexity index is 488. The molecule has 0 unspecified atom stereocenters. The lowest BCUT2D eigenvalue weighted by molar-refractivity contribution is -0.0273. The van der Waals surface area contributed by atoms with Crippen molar-refractivity contribution in [2.45, 2.75) is 58.5 Å². The third-order valence-corrected chi connectivity index (χ3v) is 5.60. The van der Waals surface area contributed by atoms with Crippen LogP contribution in [0.1, 0.15) is 62.8 Å². The van der Waals surface area contributed by atoms with Gasteiger partial charge in [-0.3, -0.25) is 0 Å². The number of aliphatic hydroxyl groups is 1. The largest absolute Gasteiger partial charge is 0.388 e. The highest BCUT2D eigenvalue weighted by Gasteiger charge is 2.56. The Morgan fingerprint density at radius 1 is 1.17 bits per heavy atom. The van der Waals surface area contributed by atoms with E-state index in [1.165, 1.54) is 36.0 Å². The van der Waals surface area contributed by atoms with E-state index in [0.29, 0.717) is 5.92 Å². The van der Waals surface area contributed by atoms with Crippen molar-refractivity contribution in [3.8, 4) is 0 Å². The van der Waals surface area contributed by atoms with E-state index < -0.39 is 0 Å². The minimum atomic E-state index is -0.276. The van der Waals surface area contributed by atoms with E-state index in [2.05, 4.69) is 45.9 Å². The average molecular weight is 244 g/mol. The van der Waals surface area contributed by atoms with Gasteiger partial charge in [0, 0.05) is 5.92 Å². The van der Waals surface area contributed by atoms with Crippen molar-refractivity contribution >= 4 is 0 Å². The quantitative estimate of drug-likeness (QED) is 0.727. The Balaban J connectivity index is 2.23. The molecule has 0 saturated heterocycles. The van der Waals surface area contributed by atoms with Gasteiger partial charge in [-0.05, 0) is 47.3 Å². The average Bonchev–Trinajstić information content (AvgIpc) is 2.49. The molecule has 1 saturated carbocycles. The zero-order valence-corrected chi connectivity index (χ0v) is 12.0. The minimum Gasteiger partial charge on any atom is -0.388 e. The lowest BCUT2D eigenvalue weighted by Gasteiger charge is -2.48. The van der Waals surface area contributed by atoms with Crippen molar-refractivity contribution in [2.75, 3.05) is 0 Å². The molecule has 1 heteroatoms. The van der Waals surface area contributed by atoms with E-state index >= 15 is 0 Å². The molecular weight excluding hydrogens is 220 g/mol. The summed E-state index contributed by atoms with van der Waals surface area (Å²) < 4.78 is 0. The maximum atomic E-state index is 10.9. The van der Waals surface area contributed by atoms with E-state index in [1.54, 1.807) is 0 Å². The van der Waals surface area contributed by atoms with E-state index in [4.69, 9.17) is 0 Å². The van der Waals surface area contributed by atoms with Gasteiger partial charge in [0.1, 0.15) is 0 Å². The fourth-order valence-electron chi connectivity index (χ4n) is 4.90. The van der Waals surface area contributed by atoms with Crippen LogP contribution in [0.3, 0.4) is 0 Å². The fraction of sp³-hybridized carbons (Fsp3) is 0.647. The van der Waals surface area contributed by atoms with Gasteiger partial charge in [-0.2, -0.15) is 0 Å². The Labute approximate surface area is 110 Å². The molecule has 2 aliphatic carbocycles. The molecule has 1 aromatic rings. The summed E-state index contributed by atoms with van der Waals surface area (Å²) in [4.78, 5) is 0. The summed E-state index contributed by atoms with van der Waals surface area (Å²) >= 11 is 0. The molecule has 1 fully saturated rings. The van der Waals surface area contributed by atoms with E-state index in [-0.39, 0.29) is 16.9 Å². The first-order chi connectivity index (χ1) is 8.38. The number of hydrogen-bond acceptors (Lipinski definition) is 1. The molecule has 0 radical (unpaired) electrons. The van der Waals surface area contributed by atoms with Gasteiger partial charge in [-0.25, -0.2) is 0 Å². The molecular formula is C17H24O. The van der Waals surface area contributed by atoms with Crippen LogP contribution in [0.2, 0.25) is 0 Å². The first-order valence-corrected chi connectivity index (χ1v) is 7.16. The maximum Gasteiger partial charge on any atom is 0.0837 e. The summed E-state index contributed by atoms with van der Waals surface area (Å²) in [6.07, 6.45) is 3.45. The molecule has 0 bridgehead atoms. The number of hydrogen-bond donors (Lipinski definition) is 1. The number of rotatable bonds is 0. The van der Waals surface area contributed by atoms with Crippen molar-refractivity contribution in [3.63, 3.8) is 0 Å². The van der Waals surface area contributed by atoms with Crippen molar-refractivity contribution in [1.82, 2.24) is 0 Å². The summed E-state index contributed by atoms with van der Waals surface area (Å²) in [6, 6.07) is 6.53. The maximum absolute atomic E-state index is 10.9. The molecule has 2 aliphatic rings. The standard InChI is InChI=1S/C17H24O/c1-11-7-5-8-12-13(11)14(18)15-16(2,3)9-6-10-17(12,15)4/h5,7-8,14-15,18H,6,9-10H2,1-4H3/t14-,15-,17-/m0/s1. The highest BCUT2D eigenvalue weighted by Crippen LogP contribution is 2.62. The molecule has 18 heavy (non-hydrogen) atoms. The molecule has 1 aromatic carbocycles. The van der Waals surface area contributed by atoms with Crippen LogP contribution >= 0.6 is 0 Å². The second-order valence-electron chi connectivity index (χ2n) is 7.22. The monoisotopic (exact) mass is 244 g/mol. The van der Waals surface area contributed by atoms with Gasteiger partial charge in [-0.15, -0.1) is 0 Å². The smallest absolute Gasteiger partial charge is 0.0837 e. The second kappa shape index (κ2) is 3.60. The van der Waals surface area contributed by atoms with Crippen LogP contribution in [0, 0.1) is 18.3 Å². The summed E-state index contributed by atoms with van der Waals surface area (Å²) in [7, 11) is 0. The van der Waals surface area contributed by atoms with Gasteiger partial charge in [0.2, 0.25) is 0 Å². The van der Waals surface area contributed by atoms with Gasteiger partial charge in [0.25, 0.3) is 0 Å². The van der Waals surface area contributed by atoms with Crippen molar-refractivity contribution in [2.24, 2.45) is 11.3 Å². The normalized spacial score (nSPS) is 37.2. The van der Waals surface area contributed by atoms with Gasteiger partial charge >= 0.3 is 0 Å². The van der Waals surface area contributed by atoms with Crippen LogP contribution in [-0.2, 0) is 5.41 Å². The first kappa shape index (κ1) is 12.2. The Hall–Kier alpha value is -0.820. The Kier molecular flexibility index (Phi) is 2.45. The zero-order valence-electron chi connectivity index (χ0n) is 12.0. The van der Waals surface area contributed by atoms with Gasteiger partial charge < -0.3 is 5.11 Å². The molecule has 1 N–H and O–H groups in total. The summed E-state index contributed by atoms with van der Waals surface area (Å²) in [5.41, 5.74) is 4.29. The summed E-state index contributed by atoms with van der Waals surface area (Å²) in [5.74, 6) is 0.370. The zero-order chi connectivity index (χ0) is 13.1. The van der Waals surface area contributed by atoms with Crippen LogP contribution < -0.4 is 0 Å². The van der Waals surface area contributed by atoms with Crippen molar-refractivity contribution < 1.29 is 5.11 Å². The Morgan fingerprint density at radius 2 is 1.89 bits per heavy atom. The molecule has 0 aromatic heterocycles. The number of aryl methyl sites for hydroxylation is 1. The lowest BCUT2D eigenvalue weighted by atomic mass is 9.56. The summed E-state index contributed by atoms with van der Waals surface area (Å²) in [5, 5.41) is 10.9. The predicted octanol–water partition coefficient (Wildman–Crippen LogP) is 4.13. The third kappa shape index (κ3) is 1.37. The van der Waals surface area contributed by atoms with Crippen molar-refractivity contribution in [3.05, 3.63) is 34.9 Å². The molecule has 0 spiro atoms. The van der Waals surface area contributed by atoms with Gasteiger partial charge in [0.05, 0.1) is 6.10 Å².